The number of carboxylic acids is 2. The van der Waals surface area contributed by atoms with Crippen molar-refractivity contribution in [3.8, 4) is 0 Å². The number of carboxylic acid groups (broad SMARTS) is 2. The zero-order chi connectivity index (χ0) is 26.1. The lowest BCUT2D eigenvalue weighted by Gasteiger charge is -2.18. The first kappa shape index (κ1) is 26.8. The number of hydrogen-bond acceptors (Lipinski definition) is 10. The third kappa shape index (κ3) is 6.78. The zero-order valence-electron chi connectivity index (χ0n) is 18.2. The predicted molar refractivity (Wildman–Crippen MR) is 115 cm³/mol. The molecule has 14 heteroatoms. The highest BCUT2D eigenvalue weighted by atomic mass is 17.2. The molecule has 0 aromatic heterocycles. The second-order valence-electron chi connectivity index (χ2n) is 6.97. The van der Waals surface area contributed by atoms with Crippen LogP contribution in [0.4, 0.5) is 11.4 Å². The molecular weight excluding hydrogens is 472 g/mol. The van der Waals surface area contributed by atoms with Crippen molar-refractivity contribution in [2.24, 2.45) is 0 Å². The number of carbonyl (C=O) groups excluding carboxylic acids is 1. The highest BCUT2D eigenvalue weighted by Gasteiger charge is 2.30. The minimum absolute atomic E-state index is 0.0836. The van der Waals surface area contributed by atoms with Gasteiger partial charge in [0.25, 0.3) is 11.4 Å². The van der Waals surface area contributed by atoms with Crippen molar-refractivity contribution < 1.29 is 49.0 Å². The quantitative estimate of drug-likeness (QED) is 0.135. The average Bonchev–Trinajstić information content (AvgIpc) is 2.81. The van der Waals surface area contributed by atoms with Gasteiger partial charge in [0.1, 0.15) is 12.2 Å². The number of unbranched alkanes of at least 4 members (excludes halogenated alkanes) is 1. The normalized spacial score (nSPS) is 11.5. The van der Waals surface area contributed by atoms with Crippen LogP contribution < -0.4 is 0 Å². The number of rotatable bonds is 13. The van der Waals surface area contributed by atoms with Crippen LogP contribution in [0.15, 0.2) is 36.4 Å². The molecule has 0 amide bonds. The van der Waals surface area contributed by atoms with Gasteiger partial charge >= 0.3 is 17.9 Å². The molecule has 0 aliphatic rings. The molecule has 14 nitrogen and oxygen atoms in total. The molecule has 1 unspecified atom stereocenters. The van der Waals surface area contributed by atoms with E-state index in [4.69, 9.17) is 14.5 Å². The molecule has 0 bridgehead atoms. The van der Waals surface area contributed by atoms with Crippen LogP contribution >= 0.6 is 0 Å². The Kier molecular flexibility index (Phi) is 9.31. The number of nitro benzene ring substituents is 2. The van der Waals surface area contributed by atoms with Crippen molar-refractivity contribution in [3.05, 3.63) is 78.9 Å². The first-order chi connectivity index (χ1) is 16.6. The van der Waals surface area contributed by atoms with Gasteiger partial charge in [-0.3, -0.25) is 20.2 Å². The maximum absolute atomic E-state index is 12.6. The molecular formula is C21H20N2O12. The molecule has 0 heterocycles. The van der Waals surface area contributed by atoms with E-state index in [9.17, 15) is 44.8 Å². The second-order valence-corrected chi connectivity index (χ2v) is 6.97. The topological polar surface area (TPSA) is 206 Å². The molecule has 2 N–H and O–H groups in total. The van der Waals surface area contributed by atoms with Gasteiger partial charge in [0.15, 0.2) is 5.56 Å². The van der Waals surface area contributed by atoms with Crippen molar-refractivity contribution in [1.82, 2.24) is 0 Å². The van der Waals surface area contributed by atoms with Gasteiger partial charge in [-0.1, -0.05) is 31.5 Å². The third-order valence-electron chi connectivity index (χ3n) is 4.63. The molecule has 0 saturated heterocycles. The van der Waals surface area contributed by atoms with Crippen molar-refractivity contribution in [2.75, 3.05) is 0 Å². The number of carbonyl (C=O) groups is 3. The van der Waals surface area contributed by atoms with Gasteiger partial charge in [0.05, 0.1) is 15.4 Å². The van der Waals surface area contributed by atoms with Crippen LogP contribution in [-0.4, -0.2) is 44.3 Å². The lowest BCUT2D eigenvalue weighted by Crippen LogP contribution is -2.24. The van der Waals surface area contributed by atoms with E-state index in [1.807, 2.05) is 6.92 Å². The first-order valence-corrected chi connectivity index (χ1v) is 10.1. The van der Waals surface area contributed by atoms with Gasteiger partial charge < -0.3 is 14.9 Å². The van der Waals surface area contributed by atoms with E-state index in [1.54, 1.807) is 0 Å². The number of aromatic carboxylic acids is 2. The van der Waals surface area contributed by atoms with Gasteiger partial charge in [0, 0.05) is 24.1 Å². The number of esters is 1. The molecule has 2 aromatic carbocycles. The summed E-state index contributed by atoms with van der Waals surface area (Å²) in [4.78, 5) is 66.1. The van der Waals surface area contributed by atoms with Crippen LogP contribution in [0.3, 0.4) is 0 Å². The van der Waals surface area contributed by atoms with Gasteiger partial charge in [-0.15, -0.1) is 0 Å². The Bertz CT molecular complexity index is 1150. The van der Waals surface area contributed by atoms with Crippen LogP contribution in [0.5, 0.6) is 0 Å². The van der Waals surface area contributed by atoms with Gasteiger partial charge in [-0.2, -0.15) is 4.89 Å². The summed E-state index contributed by atoms with van der Waals surface area (Å²) in [6.45, 7) is 1.27. The van der Waals surface area contributed by atoms with E-state index in [-0.39, 0.29) is 12.0 Å². The predicted octanol–water partition coefficient (Wildman–Crippen LogP) is 3.72. The fraction of sp³-hybridized carbons (Fsp3) is 0.286. The first-order valence-electron chi connectivity index (χ1n) is 10.1. The smallest absolute Gasteiger partial charge is 0.343 e. The maximum atomic E-state index is 12.6. The Balaban J connectivity index is 2.21. The number of nitro groups is 2. The third-order valence-corrected chi connectivity index (χ3v) is 4.63. The molecule has 0 spiro atoms. The van der Waals surface area contributed by atoms with E-state index in [0.717, 1.165) is 24.3 Å². The summed E-state index contributed by atoms with van der Waals surface area (Å²) >= 11 is 0. The average molecular weight is 492 g/mol. The highest BCUT2D eigenvalue weighted by Crippen LogP contribution is 2.25. The van der Waals surface area contributed by atoms with Crippen LogP contribution in [-0.2, 0) is 21.1 Å². The molecule has 1 atom stereocenters. The van der Waals surface area contributed by atoms with E-state index in [2.05, 4.69) is 0 Å². The van der Waals surface area contributed by atoms with E-state index in [0.29, 0.717) is 12.8 Å². The monoisotopic (exact) mass is 492 g/mol. The van der Waals surface area contributed by atoms with E-state index in [1.165, 1.54) is 12.1 Å². The van der Waals surface area contributed by atoms with Crippen LogP contribution in [0.1, 0.15) is 62.8 Å². The Morgan fingerprint density at radius 1 is 0.943 bits per heavy atom. The number of nitrogens with zero attached hydrogens (tertiary/aromatic N) is 2. The Hall–Kier alpha value is -4.43. The lowest BCUT2D eigenvalue weighted by molar-refractivity contribution is -0.386. The van der Waals surface area contributed by atoms with Gasteiger partial charge in [-0.25, -0.2) is 19.3 Å². The number of benzene rings is 2. The molecule has 2 aromatic rings. The van der Waals surface area contributed by atoms with Crippen LogP contribution in [0.25, 0.3) is 0 Å². The fourth-order valence-corrected chi connectivity index (χ4v) is 3.05. The maximum Gasteiger partial charge on any atom is 0.343 e. The lowest BCUT2D eigenvalue weighted by atomic mass is 10.1. The fourth-order valence-electron chi connectivity index (χ4n) is 3.05. The summed E-state index contributed by atoms with van der Waals surface area (Å²) in [5, 5.41) is 40.9. The molecule has 0 radical (unpaired) electrons. The van der Waals surface area contributed by atoms with Gasteiger partial charge in [0.2, 0.25) is 6.29 Å². The molecule has 186 valence electrons. The second kappa shape index (κ2) is 12.2. The van der Waals surface area contributed by atoms with Crippen LogP contribution in [0, 0.1) is 20.2 Å². The summed E-state index contributed by atoms with van der Waals surface area (Å²) in [5.74, 6) is -4.49. The molecule has 2 rings (SSSR count). The molecule has 0 aliphatic heterocycles. The van der Waals surface area contributed by atoms with Crippen molar-refractivity contribution >= 4 is 29.3 Å². The van der Waals surface area contributed by atoms with Crippen molar-refractivity contribution in [3.63, 3.8) is 0 Å². The summed E-state index contributed by atoms with van der Waals surface area (Å²) in [6.07, 6.45) is -0.197. The molecule has 0 fully saturated rings. The Morgan fingerprint density at radius 2 is 1.51 bits per heavy atom. The minimum Gasteiger partial charge on any atom is -0.477 e. The SMILES string of the molecule is CCCCC(OOCc1cccc([N+](=O)[O-])c1C(=O)O)OC(=O)c1cccc([N+](=O)[O-])c1C(=O)O. The largest absolute Gasteiger partial charge is 0.477 e. The number of ether oxygens (including phenoxy) is 1. The molecule has 0 saturated carbocycles. The summed E-state index contributed by atoms with van der Waals surface area (Å²) in [5.41, 5.74) is -3.59. The van der Waals surface area contributed by atoms with E-state index >= 15 is 0 Å². The van der Waals surface area contributed by atoms with Gasteiger partial charge in [-0.05, 0) is 12.5 Å². The number of hydrogen-bond donors (Lipinski definition) is 2. The summed E-state index contributed by atoms with van der Waals surface area (Å²) < 4.78 is 5.15. The standard InChI is InChI=1S/C21H20N2O12/c1-2-3-10-16(34-21(28)13-7-5-9-15(23(31)32)18(13)20(26)27)35-33-11-12-6-4-8-14(22(29)30)17(12)19(24)25/h4-9,16H,2-3,10-11H2,1H3,(H,24,25)(H,26,27). The summed E-state index contributed by atoms with van der Waals surface area (Å²) in [6, 6.07) is 6.63. The molecule has 35 heavy (non-hydrogen) atoms. The minimum atomic E-state index is -1.71. The van der Waals surface area contributed by atoms with Crippen molar-refractivity contribution in [2.45, 2.75) is 39.1 Å². The summed E-state index contributed by atoms with van der Waals surface area (Å²) in [7, 11) is 0. The van der Waals surface area contributed by atoms with Crippen LogP contribution in [0.2, 0.25) is 0 Å². The molecule has 0 aliphatic carbocycles. The zero-order valence-corrected chi connectivity index (χ0v) is 18.2. The Labute approximate surface area is 196 Å². The Morgan fingerprint density at radius 3 is 2.06 bits per heavy atom. The highest BCUT2D eigenvalue weighted by molar-refractivity contribution is 6.05. The van der Waals surface area contributed by atoms with E-state index < -0.39 is 68.7 Å². The van der Waals surface area contributed by atoms with Crippen molar-refractivity contribution in [1.29, 1.82) is 0 Å².